The predicted molar refractivity (Wildman–Crippen MR) is 92.5 cm³/mol. The van der Waals surface area contributed by atoms with Gasteiger partial charge in [0.2, 0.25) is 10.0 Å². The Bertz CT molecular complexity index is 781. The highest BCUT2D eigenvalue weighted by Gasteiger charge is 2.13. The van der Waals surface area contributed by atoms with Crippen LogP contribution in [0.3, 0.4) is 0 Å². The van der Waals surface area contributed by atoms with Crippen molar-refractivity contribution in [3.05, 3.63) is 58.7 Å². The molecule has 0 bridgehead atoms. The van der Waals surface area contributed by atoms with Crippen LogP contribution in [-0.2, 0) is 10.0 Å². The summed E-state index contributed by atoms with van der Waals surface area (Å²) in [6.07, 6.45) is 0. The second-order valence-electron chi connectivity index (χ2n) is 5.71. The highest BCUT2D eigenvalue weighted by Crippen LogP contribution is 2.25. The van der Waals surface area contributed by atoms with Crippen molar-refractivity contribution in [2.24, 2.45) is 0 Å². The smallest absolute Gasteiger partial charge is 0.240 e. The fourth-order valence-corrected chi connectivity index (χ4v) is 3.29. The summed E-state index contributed by atoms with van der Waals surface area (Å²) in [5.41, 5.74) is 4.32. The fraction of sp³-hybridized carbons (Fsp3) is 0.333. The molecule has 23 heavy (non-hydrogen) atoms. The Balaban J connectivity index is 1.95. The maximum Gasteiger partial charge on any atom is 0.240 e. The van der Waals surface area contributed by atoms with Gasteiger partial charge < -0.3 is 4.74 Å². The lowest BCUT2D eigenvalue weighted by atomic mass is 10.1. The van der Waals surface area contributed by atoms with Gasteiger partial charge in [-0.05, 0) is 56.5 Å². The molecule has 0 saturated carbocycles. The summed E-state index contributed by atoms with van der Waals surface area (Å²) in [7, 11) is -3.49. The van der Waals surface area contributed by atoms with E-state index in [4.69, 9.17) is 4.74 Å². The first-order valence-corrected chi connectivity index (χ1v) is 9.05. The third kappa shape index (κ3) is 4.33. The Kier molecular flexibility index (Phi) is 5.44. The molecule has 4 nitrogen and oxygen atoms in total. The van der Waals surface area contributed by atoms with Crippen LogP contribution in [0.15, 0.2) is 41.3 Å². The molecule has 0 aliphatic rings. The van der Waals surface area contributed by atoms with Crippen LogP contribution in [0.25, 0.3) is 0 Å². The molecule has 0 saturated heterocycles. The van der Waals surface area contributed by atoms with E-state index in [0.717, 1.165) is 28.0 Å². The second kappa shape index (κ2) is 7.15. The van der Waals surface area contributed by atoms with Gasteiger partial charge >= 0.3 is 0 Å². The summed E-state index contributed by atoms with van der Waals surface area (Å²) in [4.78, 5) is 0.269. The van der Waals surface area contributed by atoms with Gasteiger partial charge in [0, 0.05) is 6.54 Å². The summed E-state index contributed by atoms with van der Waals surface area (Å²) in [5.74, 6) is 0.833. The van der Waals surface area contributed by atoms with Crippen LogP contribution in [-0.4, -0.2) is 21.6 Å². The van der Waals surface area contributed by atoms with Crippen LogP contribution in [0, 0.1) is 27.7 Å². The number of aryl methyl sites for hydroxylation is 3. The molecular weight excluding hydrogens is 310 g/mol. The normalized spacial score (nSPS) is 11.5. The number of hydrogen-bond acceptors (Lipinski definition) is 3. The van der Waals surface area contributed by atoms with Crippen molar-refractivity contribution in [3.63, 3.8) is 0 Å². The molecule has 124 valence electrons. The van der Waals surface area contributed by atoms with Gasteiger partial charge in [0.1, 0.15) is 12.4 Å². The van der Waals surface area contributed by atoms with E-state index in [1.807, 2.05) is 33.8 Å². The standard InChI is InChI=1S/C18H23NO3S/c1-13-5-9-17(10-6-13)23(20,21)19-11-12-22-18-15(3)8-7-14(2)16(18)4/h5-10,19H,11-12H2,1-4H3. The van der Waals surface area contributed by atoms with Crippen molar-refractivity contribution in [2.45, 2.75) is 32.6 Å². The van der Waals surface area contributed by atoms with Crippen molar-refractivity contribution >= 4 is 10.0 Å². The third-order valence-electron chi connectivity index (χ3n) is 3.85. The van der Waals surface area contributed by atoms with Crippen molar-refractivity contribution < 1.29 is 13.2 Å². The Morgan fingerprint density at radius 3 is 2.17 bits per heavy atom. The molecule has 2 aromatic carbocycles. The van der Waals surface area contributed by atoms with Crippen LogP contribution in [0.5, 0.6) is 5.75 Å². The van der Waals surface area contributed by atoms with Gasteiger partial charge in [-0.3, -0.25) is 0 Å². The second-order valence-corrected chi connectivity index (χ2v) is 7.48. The molecule has 0 fully saturated rings. The quantitative estimate of drug-likeness (QED) is 0.826. The third-order valence-corrected chi connectivity index (χ3v) is 5.32. The zero-order chi connectivity index (χ0) is 17.0. The SMILES string of the molecule is Cc1ccc(S(=O)(=O)NCCOc2c(C)ccc(C)c2C)cc1. The first-order chi connectivity index (χ1) is 10.8. The van der Waals surface area contributed by atoms with Gasteiger partial charge in [0.15, 0.2) is 0 Å². The molecule has 1 N–H and O–H groups in total. The summed E-state index contributed by atoms with van der Waals surface area (Å²) >= 11 is 0. The maximum absolute atomic E-state index is 12.2. The van der Waals surface area contributed by atoms with E-state index in [2.05, 4.69) is 10.8 Å². The maximum atomic E-state index is 12.2. The molecular formula is C18H23NO3S. The van der Waals surface area contributed by atoms with E-state index >= 15 is 0 Å². The number of rotatable bonds is 6. The molecule has 0 aliphatic heterocycles. The Hall–Kier alpha value is -1.85. The number of benzene rings is 2. The molecule has 0 aliphatic carbocycles. The molecule has 0 spiro atoms. The van der Waals surface area contributed by atoms with Crippen molar-refractivity contribution in [1.82, 2.24) is 4.72 Å². The summed E-state index contributed by atoms with van der Waals surface area (Å²) < 4.78 is 32.7. The number of hydrogen-bond donors (Lipinski definition) is 1. The van der Waals surface area contributed by atoms with Gasteiger partial charge in [-0.15, -0.1) is 0 Å². The first kappa shape index (κ1) is 17.5. The largest absolute Gasteiger partial charge is 0.492 e. The lowest BCUT2D eigenvalue weighted by Crippen LogP contribution is -2.28. The van der Waals surface area contributed by atoms with Crippen LogP contribution in [0.4, 0.5) is 0 Å². The zero-order valence-corrected chi connectivity index (χ0v) is 14.8. The van der Waals surface area contributed by atoms with Gasteiger partial charge in [-0.1, -0.05) is 29.8 Å². The molecule has 0 atom stereocenters. The van der Waals surface area contributed by atoms with Gasteiger partial charge in [0.25, 0.3) is 0 Å². The van der Waals surface area contributed by atoms with E-state index in [-0.39, 0.29) is 18.0 Å². The van der Waals surface area contributed by atoms with Crippen LogP contribution in [0.1, 0.15) is 22.3 Å². The zero-order valence-electron chi connectivity index (χ0n) is 14.0. The average Bonchev–Trinajstić information content (AvgIpc) is 2.51. The molecule has 0 radical (unpaired) electrons. The minimum Gasteiger partial charge on any atom is -0.492 e. The highest BCUT2D eigenvalue weighted by atomic mass is 32.2. The van der Waals surface area contributed by atoms with Crippen molar-refractivity contribution in [1.29, 1.82) is 0 Å². The number of ether oxygens (including phenoxy) is 1. The monoisotopic (exact) mass is 333 g/mol. The van der Waals surface area contributed by atoms with Crippen LogP contribution in [0.2, 0.25) is 0 Å². The Labute approximate surface area is 138 Å². The van der Waals surface area contributed by atoms with Crippen LogP contribution >= 0.6 is 0 Å². The van der Waals surface area contributed by atoms with E-state index in [1.165, 1.54) is 0 Å². The van der Waals surface area contributed by atoms with E-state index in [0.29, 0.717) is 0 Å². The topological polar surface area (TPSA) is 55.4 Å². The van der Waals surface area contributed by atoms with Crippen molar-refractivity contribution in [3.8, 4) is 5.75 Å². The lowest BCUT2D eigenvalue weighted by molar-refractivity contribution is 0.318. The minimum absolute atomic E-state index is 0.225. The van der Waals surface area contributed by atoms with E-state index < -0.39 is 10.0 Å². The van der Waals surface area contributed by atoms with E-state index in [1.54, 1.807) is 24.3 Å². The predicted octanol–water partition coefficient (Wildman–Crippen LogP) is 3.28. The lowest BCUT2D eigenvalue weighted by Gasteiger charge is -2.14. The molecule has 0 heterocycles. The van der Waals surface area contributed by atoms with Crippen molar-refractivity contribution in [2.75, 3.05) is 13.2 Å². The molecule has 2 rings (SSSR count). The van der Waals surface area contributed by atoms with E-state index in [9.17, 15) is 8.42 Å². The summed E-state index contributed by atoms with van der Waals surface area (Å²) in [6, 6.07) is 10.8. The molecule has 0 amide bonds. The number of sulfonamides is 1. The fourth-order valence-electron chi connectivity index (χ4n) is 2.28. The molecule has 0 aromatic heterocycles. The van der Waals surface area contributed by atoms with Gasteiger partial charge in [-0.25, -0.2) is 13.1 Å². The van der Waals surface area contributed by atoms with Crippen LogP contribution < -0.4 is 9.46 Å². The summed E-state index contributed by atoms with van der Waals surface area (Å²) in [6.45, 7) is 8.46. The first-order valence-electron chi connectivity index (χ1n) is 7.57. The molecule has 5 heteroatoms. The van der Waals surface area contributed by atoms with Gasteiger partial charge in [0.05, 0.1) is 4.90 Å². The summed E-state index contributed by atoms with van der Waals surface area (Å²) in [5, 5.41) is 0. The Morgan fingerprint density at radius 2 is 1.52 bits per heavy atom. The molecule has 2 aromatic rings. The Morgan fingerprint density at radius 1 is 0.913 bits per heavy atom. The highest BCUT2D eigenvalue weighted by molar-refractivity contribution is 7.89. The number of nitrogens with one attached hydrogen (secondary N) is 1. The average molecular weight is 333 g/mol. The van der Waals surface area contributed by atoms with Gasteiger partial charge in [-0.2, -0.15) is 0 Å². The minimum atomic E-state index is -3.49. The molecule has 0 unspecified atom stereocenters.